The van der Waals surface area contributed by atoms with Gasteiger partial charge in [0.2, 0.25) is 5.88 Å². The van der Waals surface area contributed by atoms with E-state index in [0.717, 1.165) is 39.3 Å². The molecule has 0 aliphatic heterocycles. The third kappa shape index (κ3) is 5.24. The summed E-state index contributed by atoms with van der Waals surface area (Å²) in [5, 5.41) is 0.769. The van der Waals surface area contributed by atoms with Crippen LogP contribution in [-0.4, -0.2) is 31.2 Å². The summed E-state index contributed by atoms with van der Waals surface area (Å²) in [7, 11) is 3.21. The van der Waals surface area contributed by atoms with Gasteiger partial charge in [-0.3, -0.25) is 4.79 Å². The van der Waals surface area contributed by atoms with Gasteiger partial charge in [-0.1, -0.05) is 12.1 Å². The van der Waals surface area contributed by atoms with Crippen LogP contribution >= 0.6 is 0 Å². The molecule has 0 saturated heterocycles. The van der Waals surface area contributed by atoms with Crippen LogP contribution < -0.4 is 15.0 Å². The second-order valence-corrected chi connectivity index (χ2v) is 9.46. The normalized spacial score (nSPS) is 11.7. The first-order valence-electron chi connectivity index (χ1n) is 12.5. The molecule has 0 amide bonds. The van der Waals surface area contributed by atoms with Gasteiger partial charge in [0.05, 0.1) is 19.9 Å². The van der Waals surface area contributed by atoms with Crippen molar-refractivity contribution >= 4 is 10.9 Å². The number of halogens is 4. The van der Waals surface area contributed by atoms with Gasteiger partial charge in [-0.05, 0) is 38.1 Å². The monoisotopic (exact) mass is 567 g/mol. The zero-order chi connectivity index (χ0) is 29.5. The number of para-hydroxylation sites is 1. The number of aryl methyl sites for hydroxylation is 2. The molecule has 12 heteroatoms. The molecule has 0 atom stereocenters. The lowest BCUT2D eigenvalue weighted by Crippen LogP contribution is -2.29. The van der Waals surface area contributed by atoms with Crippen LogP contribution in [0.1, 0.15) is 28.1 Å². The minimum absolute atomic E-state index is 0.0224. The lowest BCUT2D eigenvalue weighted by atomic mass is 10.1. The first-order valence-corrected chi connectivity index (χ1v) is 12.5. The summed E-state index contributed by atoms with van der Waals surface area (Å²) >= 11 is 0. The average molecular weight is 568 g/mol. The molecule has 0 radical (unpaired) electrons. The van der Waals surface area contributed by atoms with Crippen LogP contribution in [0.5, 0.6) is 11.6 Å². The highest BCUT2D eigenvalue weighted by Crippen LogP contribution is 2.34. The molecule has 5 aromatic rings. The van der Waals surface area contributed by atoms with Crippen molar-refractivity contribution in [3.05, 3.63) is 99.2 Å². The van der Waals surface area contributed by atoms with Crippen LogP contribution in [0.15, 0.2) is 59.8 Å². The zero-order valence-electron chi connectivity index (χ0n) is 22.6. The molecular formula is C29H25F4N5O3. The summed E-state index contributed by atoms with van der Waals surface area (Å²) in [5.41, 5.74) is 0.500. The highest BCUT2D eigenvalue weighted by Gasteiger charge is 2.34. The van der Waals surface area contributed by atoms with Gasteiger partial charge in [0.15, 0.2) is 0 Å². The zero-order valence-corrected chi connectivity index (χ0v) is 22.6. The minimum Gasteiger partial charge on any atom is -0.486 e. The molecule has 4 aromatic heterocycles. The van der Waals surface area contributed by atoms with Gasteiger partial charge in [-0.2, -0.15) is 13.2 Å². The highest BCUT2D eigenvalue weighted by molar-refractivity contribution is 5.96. The number of methoxy groups -OCH3 is 1. The summed E-state index contributed by atoms with van der Waals surface area (Å²) in [6, 6.07) is 9.07. The standard InChI is InChI=1S/C29H25F4N5O3/c1-16-11-19(26-34-12-17(2)37(26)3)18-7-5-9-24(25(18)36-16)41-15-21-20(27(40-4)35-13-23(21)30)14-38-10-6-8-22(28(38)39)29(31,32)33/h5-13H,14-15H2,1-4H3. The summed E-state index contributed by atoms with van der Waals surface area (Å²) in [4.78, 5) is 25.7. The van der Waals surface area contributed by atoms with Gasteiger partial charge in [0.1, 0.15) is 35.1 Å². The third-order valence-electron chi connectivity index (χ3n) is 6.82. The smallest absolute Gasteiger partial charge is 0.421 e. The Kier molecular flexibility index (Phi) is 7.24. The van der Waals surface area contributed by atoms with Crippen molar-refractivity contribution in [1.29, 1.82) is 0 Å². The second-order valence-electron chi connectivity index (χ2n) is 9.46. The first-order chi connectivity index (χ1) is 19.5. The fourth-order valence-electron chi connectivity index (χ4n) is 4.63. The molecule has 212 valence electrons. The summed E-state index contributed by atoms with van der Waals surface area (Å²) in [5.74, 6) is 0.285. The Morgan fingerprint density at radius 2 is 1.80 bits per heavy atom. The maximum absolute atomic E-state index is 15.2. The van der Waals surface area contributed by atoms with Crippen LogP contribution in [0.25, 0.3) is 22.3 Å². The van der Waals surface area contributed by atoms with Crippen molar-refractivity contribution < 1.29 is 27.0 Å². The van der Waals surface area contributed by atoms with E-state index in [4.69, 9.17) is 9.47 Å². The highest BCUT2D eigenvalue weighted by atomic mass is 19.4. The Bertz CT molecular complexity index is 1830. The van der Waals surface area contributed by atoms with E-state index in [1.165, 1.54) is 13.3 Å². The fourth-order valence-corrected chi connectivity index (χ4v) is 4.63. The van der Waals surface area contributed by atoms with Gasteiger partial charge in [0.25, 0.3) is 5.56 Å². The van der Waals surface area contributed by atoms with E-state index in [0.29, 0.717) is 23.0 Å². The molecule has 0 fully saturated rings. The molecule has 0 spiro atoms. The van der Waals surface area contributed by atoms with Gasteiger partial charge in [-0.15, -0.1) is 0 Å². The van der Waals surface area contributed by atoms with Crippen LogP contribution in [-0.2, 0) is 26.4 Å². The number of aromatic nitrogens is 5. The minimum atomic E-state index is -4.84. The lowest BCUT2D eigenvalue weighted by Gasteiger charge is -2.17. The van der Waals surface area contributed by atoms with Gasteiger partial charge in [0, 0.05) is 52.9 Å². The maximum Gasteiger partial charge on any atom is 0.421 e. The average Bonchev–Trinajstić information content (AvgIpc) is 3.26. The summed E-state index contributed by atoms with van der Waals surface area (Å²) in [6.07, 6.45) is -0.954. The van der Waals surface area contributed by atoms with E-state index in [1.54, 1.807) is 18.3 Å². The number of alkyl halides is 3. The molecule has 0 bridgehead atoms. The molecule has 0 aliphatic carbocycles. The van der Waals surface area contributed by atoms with E-state index < -0.39 is 29.7 Å². The van der Waals surface area contributed by atoms with Crippen molar-refractivity contribution in [2.24, 2.45) is 7.05 Å². The van der Waals surface area contributed by atoms with Crippen molar-refractivity contribution in [1.82, 2.24) is 24.1 Å². The van der Waals surface area contributed by atoms with Gasteiger partial charge < -0.3 is 18.6 Å². The molecule has 0 unspecified atom stereocenters. The van der Waals surface area contributed by atoms with Crippen molar-refractivity contribution in [3.63, 3.8) is 0 Å². The predicted molar refractivity (Wildman–Crippen MR) is 143 cm³/mol. The van der Waals surface area contributed by atoms with E-state index in [2.05, 4.69) is 15.0 Å². The number of hydrogen-bond acceptors (Lipinski definition) is 6. The molecule has 4 heterocycles. The Morgan fingerprint density at radius 3 is 2.49 bits per heavy atom. The van der Waals surface area contributed by atoms with Crippen molar-refractivity contribution in [3.8, 4) is 23.0 Å². The SMILES string of the molecule is COc1ncc(F)c(COc2cccc3c(-c4ncc(C)n4C)cc(C)nc23)c1Cn1cccc(C(F)(F)F)c1=O. The molecule has 0 N–H and O–H groups in total. The third-order valence-corrected chi connectivity index (χ3v) is 6.82. The molecule has 1 aromatic carbocycles. The second kappa shape index (κ2) is 10.7. The van der Waals surface area contributed by atoms with E-state index in [-0.39, 0.29) is 23.6 Å². The topological polar surface area (TPSA) is 84.1 Å². The number of fused-ring (bicyclic) bond motifs is 1. The largest absolute Gasteiger partial charge is 0.486 e. The number of nitrogens with zero attached hydrogens (tertiary/aromatic N) is 5. The van der Waals surface area contributed by atoms with E-state index >= 15 is 4.39 Å². The lowest BCUT2D eigenvalue weighted by molar-refractivity contribution is -0.138. The Balaban J connectivity index is 1.55. The molecular weight excluding hydrogens is 542 g/mol. The first kappa shape index (κ1) is 27.8. The Morgan fingerprint density at radius 1 is 1.02 bits per heavy atom. The maximum atomic E-state index is 15.2. The quantitative estimate of drug-likeness (QED) is 0.238. The van der Waals surface area contributed by atoms with Crippen molar-refractivity contribution in [2.75, 3.05) is 7.11 Å². The van der Waals surface area contributed by atoms with Crippen LogP contribution in [0, 0.1) is 19.7 Å². The summed E-state index contributed by atoms with van der Waals surface area (Å²) in [6.45, 7) is 3.03. The summed E-state index contributed by atoms with van der Waals surface area (Å²) < 4.78 is 69.3. The van der Waals surface area contributed by atoms with Crippen molar-refractivity contribution in [2.45, 2.75) is 33.2 Å². The molecule has 41 heavy (non-hydrogen) atoms. The molecule has 5 rings (SSSR count). The Hall–Kier alpha value is -4.74. The van der Waals surface area contributed by atoms with Gasteiger partial charge in [-0.25, -0.2) is 19.3 Å². The number of rotatable bonds is 7. The molecule has 0 saturated carbocycles. The number of imidazole rings is 1. The molecule has 0 aliphatic rings. The predicted octanol–water partition coefficient (Wildman–Crippen LogP) is 5.60. The van der Waals surface area contributed by atoms with Gasteiger partial charge >= 0.3 is 6.18 Å². The number of benzene rings is 1. The number of pyridine rings is 3. The number of ether oxygens (including phenoxy) is 2. The fraction of sp³-hybridized carbons (Fsp3) is 0.241. The van der Waals surface area contributed by atoms with Crippen LogP contribution in [0.4, 0.5) is 17.6 Å². The molecule has 8 nitrogen and oxygen atoms in total. The number of hydrogen-bond donors (Lipinski definition) is 0. The van der Waals surface area contributed by atoms with E-state index in [9.17, 15) is 18.0 Å². The van der Waals surface area contributed by atoms with Crippen LogP contribution in [0.2, 0.25) is 0 Å². The Labute approximate surface area is 231 Å². The van der Waals surface area contributed by atoms with Crippen LogP contribution in [0.3, 0.4) is 0 Å². The van der Waals surface area contributed by atoms with E-state index in [1.807, 2.05) is 37.6 Å².